The van der Waals surface area contributed by atoms with E-state index in [1.165, 1.54) is 0 Å². The van der Waals surface area contributed by atoms with Gasteiger partial charge >= 0.3 is 0 Å². The Kier molecular flexibility index (Phi) is 10.7. The average Bonchev–Trinajstić information content (AvgIpc) is 3.51. The van der Waals surface area contributed by atoms with Crippen molar-refractivity contribution in [3.63, 3.8) is 0 Å². The predicted octanol–water partition coefficient (Wildman–Crippen LogP) is 5.69. The van der Waals surface area contributed by atoms with Crippen LogP contribution in [0.25, 0.3) is 16.9 Å². The summed E-state index contributed by atoms with van der Waals surface area (Å²) in [5, 5.41) is 0.777. The predicted molar refractivity (Wildman–Crippen MR) is 204 cm³/mol. The molecule has 272 valence electrons. The molecule has 2 N–H and O–H groups in total. The van der Waals surface area contributed by atoms with Gasteiger partial charge in [0.15, 0.2) is 0 Å². The van der Waals surface area contributed by atoms with Crippen LogP contribution in [-0.4, -0.2) is 90.8 Å². The van der Waals surface area contributed by atoms with Crippen molar-refractivity contribution in [3.8, 4) is 17.4 Å². The van der Waals surface area contributed by atoms with Crippen molar-refractivity contribution in [3.05, 3.63) is 106 Å². The number of carbonyl (C=O) groups excluding carboxylic acids is 1. The Labute approximate surface area is 305 Å². The highest BCUT2D eigenvalue weighted by Gasteiger charge is 2.31. The Morgan fingerprint density at radius 1 is 0.942 bits per heavy atom. The molecule has 11 heteroatoms. The molecule has 3 heterocycles. The van der Waals surface area contributed by atoms with Crippen LogP contribution in [0.5, 0.6) is 11.5 Å². The molecule has 0 saturated carbocycles. The second kappa shape index (κ2) is 15.7. The van der Waals surface area contributed by atoms with Crippen molar-refractivity contribution in [1.29, 1.82) is 0 Å². The summed E-state index contributed by atoms with van der Waals surface area (Å²) in [6.45, 7) is 8.94. The number of aromatic nitrogens is 3. The number of likely N-dealkylation sites (N-methyl/N-ethyl adjacent to an activating group) is 1. The van der Waals surface area contributed by atoms with Crippen molar-refractivity contribution >= 4 is 22.6 Å². The van der Waals surface area contributed by atoms with Crippen LogP contribution in [0.2, 0.25) is 0 Å². The van der Waals surface area contributed by atoms with Gasteiger partial charge in [0.25, 0.3) is 0 Å². The molecular weight excluding hydrogens is 654 g/mol. The van der Waals surface area contributed by atoms with Crippen LogP contribution in [0.1, 0.15) is 57.4 Å². The molecule has 2 aromatic heterocycles. The standard InChI is InChI=1S/C41H49N7O4/c1-28-24-34-32(39(42)49)12-8-14-35(34)48(28)41-43-38-33(13-9-15-36(38)52-23-22-46-20-18-45(2)19-21-46)40(44-41)47(26-29-10-6-5-7-11-29)27-30-16-17-31(50-3)25-37(30)51-4/h5-8,10-12,14,16-17,24-25,36H,9,13,15,18-23,26-27H2,1-4H3,(H2,42,49). The number of benzene rings is 3. The molecule has 1 saturated heterocycles. The number of fused-ring (bicyclic) bond motifs is 2. The number of methoxy groups -OCH3 is 2. The van der Waals surface area contributed by atoms with E-state index in [9.17, 15) is 4.79 Å². The van der Waals surface area contributed by atoms with Crippen LogP contribution in [0.4, 0.5) is 5.82 Å². The van der Waals surface area contributed by atoms with Gasteiger partial charge < -0.3 is 29.7 Å². The fourth-order valence-electron chi connectivity index (χ4n) is 7.54. The first kappa shape index (κ1) is 35.4. The van der Waals surface area contributed by atoms with Gasteiger partial charge in [0.2, 0.25) is 11.9 Å². The molecule has 1 aliphatic heterocycles. The van der Waals surface area contributed by atoms with E-state index in [1.807, 2.05) is 47.9 Å². The minimum atomic E-state index is -0.467. The van der Waals surface area contributed by atoms with Crippen LogP contribution in [0.15, 0.2) is 72.8 Å². The van der Waals surface area contributed by atoms with Gasteiger partial charge in [-0.3, -0.25) is 14.3 Å². The number of ether oxygens (including phenoxy) is 3. The summed E-state index contributed by atoms with van der Waals surface area (Å²) in [7, 11) is 5.53. The van der Waals surface area contributed by atoms with E-state index >= 15 is 0 Å². The summed E-state index contributed by atoms with van der Waals surface area (Å²) in [4.78, 5) is 30.4. The highest BCUT2D eigenvalue weighted by Crippen LogP contribution is 2.39. The fraction of sp³-hybridized carbons (Fsp3) is 0.390. The quantitative estimate of drug-likeness (QED) is 0.165. The topological polar surface area (TPSA) is 111 Å². The Balaban J connectivity index is 1.35. The van der Waals surface area contributed by atoms with E-state index in [4.69, 9.17) is 29.9 Å². The first-order chi connectivity index (χ1) is 25.3. The van der Waals surface area contributed by atoms with Crippen LogP contribution in [-0.2, 0) is 24.2 Å². The molecule has 11 nitrogen and oxygen atoms in total. The number of rotatable bonds is 13. The molecule has 1 unspecified atom stereocenters. The highest BCUT2D eigenvalue weighted by atomic mass is 16.5. The Morgan fingerprint density at radius 3 is 2.50 bits per heavy atom. The van der Waals surface area contributed by atoms with Crippen molar-refractivity contribution in [2.24, 2.45) is 5.73 Å². The molecule has 1 aliphatic carbocycles. The first-order valence-corrected chi connectivity index (χ1v) is 18.2. The third-order valence-corrected chi connectivity index (χ3v) is 10.4. The van der Waals surface area contributed by atoms with Gasteiger partial charge in [0, 0.05) is 79.7 Å². The lowest BCUT2D eigenvalue weighted by molar-refractivity contribution is 0.0172. The average molecular weight is 704 g/mol. The molecule has 52 heavy (non-hydrogen) atoms. The van der Waals surface area contributed by atoms with Crippen molar-refractivity contribution in [2.75, 3.05) is 65.5 Å². The number of hydrogen-bond donors (Lipinski definition) is 1. The normalized spacial score (nSPS) is 16.5. The van der Waals surface area contributed by atoms with Gasteiger partial charge in [-0.05, 0) is 69.1 Å². The summed E-state index contributed by atoms with van der Waals surface area (Å²) in [6, 6.07) is 24.0. The number of hydrogen-bond acceptors (Lipinski definition) is 9. The number of amides is 1. The van der Waals surface area contributed by atoms with E-state index in [0.717, 1.165) is 108 Å². The number of carbonyl (C=O) groups is 1. The van der Waals surface area contributed by atoms with Gasteiger partial charge in [-0.2, -0.15) is 4.98 Å². The van der Waals surface area contributed by atoms with Crippen molar-refractivity contribution in [1.82, 2.24) is 24.3 Å². The molecule has 1 fully saturated rings. The number of nitrogens with two attached hydrogens (primary N) is 1. The van der Waals surface area contributed by atoms with Crippen LogP contribution < -0.4 is 20.1 Å². The fourth-order valence-corrected chi connectivity index (χ4v) is 7.54. The Hall–Kier alpha value is -4.97. The molecule has 5 aromatic rings. The van der Waals surface area contributed by atoms with E-state index in [1.54, 1.807) is 20.3 Å². The number of nitrogens with zero attached hydrogens (tertiary/aromatic N) is 6. The lowest BCUT2D eigenvalue weighted by Gasteiger charge is -2.34. The molecular formula is C41H49N7O4. The number of aryl methyl sites for hydroxylation is 1. The lowest BCUT2D eigenvalue weighted by atomic mass is 9.93. The zero-order valence-electron chi connectivity index (χ0n) is 30.7. The van der Waals surface area contributed by atoms with E-state index in [-0.39, 0.29) is 6.10 Å². The first-order valence-electron chi connectivity index (χ1n) is 18.2. The highest BCUT2D eigenvalue weighted by molar-refractivity contribution is 6.06. The molecule has 7 rings (SSSR count). The van der Waals surface area contributed by atoms with Gasteiger partial charge in [0.1, 0.15) is 23.4 Å². The minimum absolute atomic E-state index is 0.172. The smallest absolute Gasteiger partial charge is 0.249 e. The van der Waals surface area contributed by atoms with Crippen molar-refractivity contribution < 1.29 is 19.0 Å². The van der Waals surface area contributed by atoms with Crippen LogP contribution in [0, 0.1) is 6.92 Å². The molecule has 0 spiro atoms. The lowest BCUT2D eigenvalue weighted by Crippen LogP contribution is -2.45. The maximum atomic E-state index is 12.5. The van der Waals surface area contributed by atoms with Crippen molar-refractivity contribution in [2.45, 2.75) is 45.4 Å². The summed E-state index contributed by atoms with van der Waals surface area (Å²) in [5.74, 6) is 2.42. The second-order valence-electron chi connectivity index (χ2n) is 13.9. The number of piperazine rings is 1. The largest absolute Gasteiger partial charge is 0.497 e. The zero-order chi connectivity index (χ0) is 36.2. The van der Waals surface area contributed by atoms with Crippen LogP contribution >= 0.6 is 0 Å². The third-order valence-electron chi connectivity index (χ3n) is 10.4. The second-order valence-corrected chi connectivity index (χ2v) is 13.9. The van der Waals surface area contributed by atoms with Gasteiger partial charge in [-0.25, -0.2) is 4.98 Å². The summed E-state index contributed by atoms with van der Waals surface area (Å²) < 4.78 is 20.2. The molecule has 0 bridgehead atoms. The summed E-state index contributed by atoms with van der Waals surface area (Å²) in [5.41, 5.74) is 12.2. The summed E-state index contributed by atoms with van der Waals surface area (Å²) in [6.07, 6.45) is 2.52. The molecule has 1 atom stereocenters. The van der Waals surface area contributed by atoms with E-state index in [2.05, 4.69) is 52.1 Å². The summed E-state index contributed by atoms with van der Waals surface area (Å²) >= 11 is 0. The minimum Gasteiger partial charge on any atom is -0.497 e. The van der Waals surface area contributed by atoms with Gasteiger partial charge in [-0.1, -0.05) is 36.4 Å². The third kappa shape index (κ3) is 7.48. The SMILES string of the molecule is COc1ccc(CN(Cc2ccccc2)c2nc(-n3c(C)cc4c(C(N)=O)cccc43)nc3c2CCCC3OCCN2CCN(C)CC2)c(OC)c1. The molecule has 0 radical (unpaired) electrons. The van der Waals surface area contributed by atoms with Gasteiger partial charge in [-0.15, -0.1) is 0 Å². The Bertz CT molecular complexity index is 2020. The number of anilines is 1. The zero-order valence-corrected chi connectivity index (χ0v) is 30.7. The Morgan fingerprint density at radius 2 is 1.75 bits per heavy atom. The maximum absolute atomic E-state index is 12.5. The van der Waals surface area contributed by atoms with Crippen LogP contribution in [0.3, 0.4) is 0 Å². The van der Waals surface area contributed by atoms with E-state index < -0.39 is 5.91 Å². The molecule has 2 aliphatic rings. The maximum Gasteiger partial charge on any atom is 0.249 e. The molecule has 1 amide bonds. The number of primary amides is 1. The molecule has 3 aromatic carbocycles. The van der Waals surface area contributed by atoms with Gasteiger partial charge in [0.05, 0.1) is 32.0 Å². The monoisotopic (exact) mass is 703 g/mol. The van der Waals surface area contributed by atoms with E-state index in [0.29, 0.717) is 31.2 Å².